The van der Waals surface area contributed by atoms with Gasteiger partial charge in [-0.1, -0.05) is 0 Å². The van der Waals surface area contributed by atoms with Crippen molar-refractivity contribution in [3.63, 3.8) is 0 Å². The van der Waals surface area contributed by atoms with Crippen molar-refractivity contribution in [1.29, 1.82) is 0 Å². The molecule has 0 aromatic heterocycles. The van der Waals surface area contributed by atoms with Crippen LogP contribution in [0.4, 0.5) is 14.9 Å². The molecule has 23 heavy (non-hydrogen) atoms. The van der Waals surface area contributed by atoms with E-state index in [1.54, 1.807) is 6.92 Å². The molecule has 2 heterocycles. The number of halogens is 1. The number of piperidine rings is 1. The van der Waals surface area contributed by atoms with E-state index in [0.29, 0.717) is 24.2 Å². The summed E-state index contributed by atoms with van der Waals surface area (Å²) in [6, 6.07) is 3.04. The fraction of sp³-hybridized carbons (Fsp3) is 0.438. The molecule has 2 saturated heterocycles. The van der Waals surface area contributed by atoms with E-state index in [1.165, 1.54) is 30.2 Å². The highest BCUT2D eigenvalue weighted by molar-refractivity contribution is 6.21. The zero-order valence-corrected chi connectivity index (χ0v) is 12.9. The average molecular weight is 320 g/mol. The SMILES string of the molecule is COC(=O)C1CCN2C(=O)N(c3ccc(F)c(C)c3)C(=O)C2C1. The molecule has 0 saturated carbocycles. The van der Waals surface area contributed by atoms with Crippen molar-refractivity contribution in [2.24, 2.45) is 5.92 Å². The molecule has 3 rings (SSSR count). The molecular weight excluding hydrogens is 303 g/mol. The maximum atomic E-state index is 13.4. The zero-order valence-electron chi connectivity index (χ0n) is 12.9. The number of methoxy groups -OCH3 is 1. The third-order valence-corrected chi connectivity index (χ3v) is 4.48. The first kappa shape index (κ1) is 15.5. The lowest BCUT2D eigenvalue weighted by molar-refractivity contribution is -0.147. The Morgan fingerprint density at radius 1 is 1.35 bits per heavy atom. The second-order valence-electron chi connectivity index (χ2n) is 5.84. The van der Waals surface area contributed by atoms with Gasteiger partial charge in [0.15, 0.2) is 0 Å². The summed E-state index contributed by atoms with van der Waals surface area (Å²) in [4.78, 5) is 39.4. The lowest BCUT2D eigenvalue weighted by Gasteiger charge is -2.30. The first-order chi connectivity index (χ1) is 10.9. The van der Waals surface area contributed by atoms with Gasteiger partial charge in [0.05, 0.1) is 18.7 Å². The number of nitrogens with zero attached hydrogens (tertiary/aromatic N) is 2. The van der Waals surface area contributed by atoms with Crippen LogP contribution in [-0.4, -0.2) is 42.5 Å². The van der Waals surface area contributed by atoms with E-state index in [4.69, 9.17) is 4.74 Å². The molecular formula is C16H17FN2O4. The van der Waals surface area contributed by atoms with Crippen LogP contribution in [0.25, 0.3) is 0 Å². The Bertz CT molecular complexity index is 691. The number of benzene rings is 1. The van der Waals surface area contributed by atoms with Gasteiger partial charge in [-0.15, -0.1) is 0 Å². The minimum Gasteiger partial charge on any atom is -0.469 e. The highest BCUT2D eigenvalue weighted by Crippen LogP contribution is 2.33. The fourth-order valence-electron chi connectivity index (χ4n) is 3.19. The van der Waals surface area contributed by atoms with Crippen LogP contribution in [0.15, 0.2) is 18.2 Å². The summed E-state index contributed by atoms with van der Waals surface area (Å²) in [6.07, 6.45) is 0.729. The van der Waals surface area contributed by atoms with Crippen molar-refractivity contribution in [3.8, 4) is 0 Å². The number of hydrogen-bond donors (Lipinski definition) is 0. The van der Waals surface area contributed by atoms with Crippen molar-refractivity contribution in [2.45, 2.75) is 25.8 Å². The van der Waals surface area contributed by atoms with E-state index in [0.717, 1.165) is 4.90 Å². The molecule has 3 amide bonds. The summed E-state index contributed by atoms with van der Waals surface area (Å²) in [6.45, 7) is 1.90. The van der Waals surface area contributed by atoms with Gasteiger partial charge in [-0.2, -0.15) is 0 Å². The van der Waals surface area contributed by atoms with Crippen molar-refractivity contribution in [2.75, 3.05) is 18.6 Å². The number of aryl methyl sites for hydroxylation is 1. The second-order valence-corrected chi connectivity index (χ2v) is 5.84. The van der Waals surface area contributed by atoms with Gasteiger partial charge < -0.3 is 9.64 Å². The number of imide groups is 1. The van der Waals surface area contributed by atoms with Gasteiger partial charge in [0, 0.05) is 6.54 Å². The number of esters is 1. The molecule has 0 bridgehead atoms. The molecule has 2 atom stereocenters. The number of urea groups is 1. The fourth-order valence-corrected chi connectivity index (χ4v) is 3.19. The van der Waals surface area contributed by atoms with E-state index < -0.39 is 17.9 Å². The number of fused-ring (bicyclic) bond motifs is 1. The van der Waals surface area contributed by atoms with Crippen LogP contribution in [0.1, 0.15) is 18.4 Å². The van der Waals surface area contributed by atoms with Gasteiger partial charge >= 0.3 is 12.0 Å². The van der Waals surface area contributed by atoms with E-state index >= 15 is 0 Å². The molecule has 2 unspecified atom stereocenters. The van der Waals surface area contributed by atoms with Crippen LogP contribution in [0, 0.1) is 18.7 Å². The van der Waals surface area contributed by atoms with Gasteiger partial charge in [0.1, 0.15) is 11.9 Å². The molecule has 1 aromatic carbocycles. The zero-order chi connectivity index (χ0) is 16.7. The number of hydrogen-bond acceptors (Lipinski definition) is 4. The van der Waals surface area contributed by atoms with Crippen LogP contribution < -0.4 is 4.90 Å². The number of anilines is 1. The summed E-state index contributed by atoms with van der Waals surface area (Å²) < 4.78 is 18.1. The van der Waals surface area contributed by atoms with Crippen LogP contribution in [0.5, 0.6) is 0 Å². The number of rotatable bonds is 2. The third-order valence-electron chi connectivity index (χ3n) is 4.48. The Balaban J connectivity index is 1.88. The first-order valence-corrected chi connectivity index (χ1v) is 7.42. The van der Waals surface area contributed by atoms with Gasteiger partial charge in [-0.25, -0.2) is 14.1 Å². The summed E-state index contributed by atoms with van der Waals surface area (Å²) in [5, 5.41) is 0. The van der Waals surface area contributed by atoms with E-state index in [2.05, 4.69) is 0 Å². The molecule has 0 aliphatic carbocycles. The molecule has 122 valence electrons. The Morgan fingerprint density at radius 2 is 2.09 bits per heavy atom. The molecule has 2 aliphatic heterocycles. The maximum Gasteiger partial charge on any atom is 0.332 e. The minimum atomic E-state index is -0.661. The quantitative estimate of drug-likeness (QED) is 0.616. The van der Waals surface area contributed by atoms with Crippen LogP contribution >= 0.6 is 0 Å². The van der Waals surface area contributed by atoms with E-state index in [1.807, 2.05) is 0 Å². The maximum absolute atomic E-state index is 13.4. The Hall–Kier alpha value is -2.44. The lowest BCUT2D eigenvalue weighted by atomic mass is 9.91. The summed E-state index contributed by atoms with van der Waals surface area (Å²) >= 11 is 0. The smallest absolute Gasteiger partial charge is 0.332 e. The standard InChI is InChI=1S/C16H17FN2O4/c1-9-7-11(3-4-12(9)17)19-14(20)13-8-10(15(21)23-2)5-6-18(13)16(19)22/h3-4,7,10,13H,5-6,8H2,1-2H3. The van der Waals surface area contributed by atoms with Gasteiger partial charge in [0.25, 0.3) is 5.91 Å². The molecule has 0 radical (unpaired) electrons. The minimum absolute atomic E-state index is 0.258. The summed E-state index contributed by atoms with van der Waals surface area (Å²) in [5.41, 5.74) is 0.711. The third kappa shape index (κ3) is 2.46. The molecule has 2 fully saturated rings. The molecule has 0 N–H and O–H groups in total. The van der Waals surface area contributed by atoms with Crippen LogP contribution in [0.2, 0.25) is 0 Å². The highest BCUT2D eigenvalue weighted by atomic mass is 19.1. The normalized spacial score (nSPS) is 24.0. The Kier molecular flexibility index (Phi) is 3.79. The topological polar surface area (TPSA) is 66.9 Å². The van der Waals surface area contributed by atoms with Gasteiger partial charge in [-0.3, -0.25) is 9.59 Å². The molecule has 0 spiro atoms. The number of ether oxygens (including phenoxy) is 1. The molecule has 1 aromatic rings. The van der Waals surface area contributed by atoms with E-state index in [-0.39, 0.29) is 24.2 Å². The number of carbonyl (C=O) groups excluding carboxylic acids is 3. The number of carbonyl (C=O) groups is 3. The summed E-state index contributed by atoms with van der Waals surface area (Å²) in [7, 11) is 1.31. The second kappa shape index (κ2) is 5.64. The monoisotopic (exact) mass is 320 g/mol. The molecule has 6 nitrogen and oxygen atoms in total. The molecule has 7 heteroatoms. The van der Waals surface area contributed by atoms with Crippen molar-refractivity contribution >= 4 is 23.6 Å². The predicted octanol–water partition coefficient (Wildman–Crippen LogP) is 1.85. The lowest BCUT2D eigenvalue weighted by Crippen LogP contribution is -2.44. The van der Waals surface area contributed by atoms with Crippen molar-refractivity contribution < 1.29 is 23.5 Å². The predicted molar refractivity (Wildman–Crippen MR) is 79.3 cm³/mol. The largest absolute Gasteiger partial charge is 0.469 e. The van der Waals surface area contributed by atoms with E-state index in [9.17, 15) is 18.8 Å². The Morgan fingerprint density at radius 3 is 2.74 bits per heavy atom. The van der Waals surface area contributed by atoms with Gasteiger partial charge in [-0.05, 0) is 43.5 Å². The van der Waals surface area contributed by atoms with Crippen LogP contribution in [-0.2, 0) is 14.3 Å². The van der Waals surface area contributed by atoms with Crippen LogP contribution in [0.3, 0.4) is 0 Å². The van der Waals surface area contributed by atoms with Crippen molar-refractivity contribution in [3.05, 3.63) is 29.6 Å². The number of amides is 3. The average Bonchev–Trinajstić information content (AvgIpc) is 2.80. The van der Waals surface area contributed by atoms with Crippen molar-refractivity contribution in [1.82, 2.24) is 4.90 Å². The molecule has 2 aliphatic rings. The first-order valence-electron chi connectivity index (χ1n) is 7.42. The Labute approximate surface area is 132 Å². The highest BCUT2D eigenvalue weighted by Gasteiger charge is 2.49. The summed E-state index contributed by atoms with van der Waals surface area (Å²) in [5.74, 6) is -1.51. The van der Waals surface area contributed by atoms with Gasteiger partial charge in [0.2, 0.25) is 0 Å².